The van der Waals surface area contributed by atoms with E-state index >= 15 is 0 Å². The van der Waals surface area contributed by atoms with E-state index in [1.807, 2.05) is 12.1 Å². The minimum absolute atomic E-state index is 0.0295. The lowest BCUT2D eigenvalue weighted by Gasteiger charge is -2.30. The summed E-state index contributed by atoms with van der Waals surface area (Å²) in [5, 5.41) is 14.9. The predicted octanol–water partition coefficient (Wildman–Crippen LogP) is 4.87. The van der Waals surface area contributed by atoms with Gasteiger partial charge in [0.25, 0.3) is 5.56 Å². The number of hydrogen-bond donors (Lipinski definition) is 2. The zero-order chi connectivity index (χ0) is 29.6. The van der Waals surface area contributed by atoms with Crippen LogP contribution in [0.3, 0.4) is 0 Å². The Bertz CT molecular complexity index is 1760. The van der Waals surface area contributed by atoms with Crippen molar-refractivity contribution in [1.82, 2.24) is 20.0 Å². The van der Waals surface area contributed by atoms with Crippen LogP contribution < -0.4 is 20.5 Å². The first-order valence-electron chi connectivity index (χ1n) is 13.1. The Balaban J connectivity index is 0.000000181. The minimum Gasteiger partial charge on any atom is -0.452 e. The number of benzene rings is 3. The molecule has 1 saturated heterocycles. The fraction of sp³-hybridized carbons (Fsp3) is 0.200. The van der Waals surface area contributed by atoms with Crippen molar-refractivity contribution in [3.63, 3.8) is 0 Å². The van der Waals surface area contributed by atoms with Crippen LogP contribution in [0.2, 0.25) is 0 Å². The molecule has 1 fully saturated rings. The molecule has 1 aliphatic heterocycles. The fourth-order valence-corrected chi connectivity index (χ4v) is 4.43. The first-order chi connectivity index (χ1) is 20.4. The SMILES string of the molecule is CNc1ccc(Oc2cc3cn[nH]c3cc2N2CCOCC2)c(F)c1.Cc1cc(C=O)c(=O)n(-c2ccc(F)cc2)n1. The highest BCUT2D eigenvalue weighted by Crippen LogP contribution is 2.37. The van der Waals surface area contributed by atoms with Crippen LogP contribution in [0.1, 0.15) is 16.1 Å². The average molecular weight is 575 g/mol. The van der Waals surface area contributed by atoms with Crippen LogP contribution in [0.25, 0.3) is 16.6 Å². The molecule has 2 N–H and O–H groups in total. The highest BCUT2D eigenvalue weighted by molar-refractivity contribution is 5.86. The van der Waals surface area contributed by atoms with Gasteiger partial charge >= 0.3 is 0 Å². The quantitative estimate of drug-likeness (QED) is 0.276. The van der Waals surface area contributed by atoms with E-state index in [-0.39, 0.29) is 11.3 Å². The maximum absolute atomic E-state index is 14.3. The topological polar surface area (TPSA) is 114 Å². The second-order valence-electron chi connectivity index (χ2n) is 9.43. The van der Waals surface area contributed by atoms with Crippen LogP contribution in [-0.2, 0) is 4.74 Å². The molecule has 0 spiro atoms. The lowest BCUT2D eigenvalue weighted by Crippen LogP contribution is -2.36. The maximum Gasteiger partial charge on any atom is 0.282 e. The molecular weight excluding hydrogens is 546 g/mol. The van der Waals surface area contributed by atoms with E-state index in [1.54, 1.807) is 32.3 Å². The second-order valence-corrected chi connectivity index (χ2v) is 9.43. The smallest absolute Gasteiger partial charge is 0.282 e. The number of aldehydes is 1. The lowest BCUT2D eigenvalue weighted by molar-refractivity contribution is 0.112. The number of halogens is 2. The summed E-state index contributed by atoms with van der Waals surface area (Å²) in [5.74, 6) is -0.0135. The van der Waals surface area contributed by atoms with E-state index in [0.29, 0.717) is 42.3 Å². The van der Waals surface area contributed by atoms with Crippen LogP contribution in [0.5, 0.6) is 11.5 Å². The third-order valence-electron chi connectivity index (χ3n) is 6.57. The molecule has 0 aliphatic carbocycles. The van der Waals surface area contributed by atoms with Crippen molar-refractivity contribution in [2.75, 3.05) is 43.6 Å². The Kier molecular flexibility index (Phi) is 8.53. The van der Waals surface area contributed by atoms with Gasteiger partial charge in [0, 0.05) is 37.3 Å². The van der Waals surface area contributed by atoms with Crippen molar-refractivity contribution in [3.05, 3.63) is 100 Å². The predicted molar refractivity (Wildman–Crippen MR) is 155 cm³/mol. The first-order valence-corrected chi connectivity index (χ1v) is 13.1. The molecule has 0 radical (unpaired) electrons. The summed E-state index contributed by atoms with van der Waals surface area (Å²) >= 11 is 0. The molecule has 3 aromatic carbocycles. The number of fused-ring (bicyclic) bond motifs is 1. The van der Waals surface area contributed by atoms with Crippen molar-refractivity contribution in [2.45, 2.75) is 6.92 Å². The molecule has 0 saturated carbocycles. The number of aromatic nitrogens is 4. The number of carbonyl (C=O) groups is 1. The molecule has 0 bridgehead atoms. The normalized spacial score (nSPS) is 12.9. The van der Waals surface area contributed by atoms with E-state index in [4.69, 9.17) is 9.47 Å². The van der Waals surface area contributed by atoms with Crippen LogP contribution >= 0.6 is 0 Å². The Morgan fingerprint density at radius 1 is 1.02 bits per heavy atom. The van der Waals surface area contributed by atoms with Gasteiger partial charge in [0.2, 0.25) is 0 Å². The van der Waals surface area contributed by atoms with Crippen LogP contribution in [-0.4, -0.2) is 59.6 Å². The van der Waals surface area contributed by atoms with Gasteiger partial charge in [-0.3, -0.25) is 14.7 Å². The molecule has 6 rings (SSSR count). The first kappa shape index (κ1) is 28.4. The largest absolute Gasteiger partial charge is 0.452 e. The van der Waals surface area contributed by atoms with Gasteiger partial charge in [-0.25, -0.2) is 8.78 Å². The standard InChI is InChI=1S/C18H19FN4O2.C12H9FN2O2/c1-20-13-2-3-17(14(19)9-13)25-18-8-12-11-21-22-15(12)10-16(18)23-4-6-24-7-5-23;1-8-6-9(7-16)12(17)15(14-8)11-4-2-10(13)3-5-11/h2-3,8-11,20H,4-7H2,1H3,(H,21,22);2-7H,1H3. The number of rotatable bonds is 6. The Morgan fingerprint density at radius 3 is 2.48 bits per heavy atom. The highest BCUT2D eigenvalue weighted by atomic mass is 19.1. The average Bonchev–Trinajstić information content (AvgIpc) is 3.47. The molecule has 2 aromatic heterocycles. The van der Waals surface area contributed by atoms with Gasteiger partial charge in [0.1, 0.15) is 5.82 Å². The number of ether oxygens (including phenoxy) is 2. The van der Waals surface area contributed by atoms with Crippen LogP contribution in [0.15, 0.2) is 71.7 Å². The number of hydrogen-bond acceptors (Lipinski definition) is 8. The number of aromatic amines is 1. The second kappa shape index (κ2) is 12.6. The molecule has 0 atom stereocenters. The van der Waals surface area contributed by atoms with Gasteiger partial charge in [0.15, 0.2) is 23.6 Å². The fourth-order valence-electron chi connectivity index (χ4n) is 4.43. The monoisotopic (exact) mass is 574 g/mol. The van der Waals surface area contributed by atoms with E-state index in [2.05, 4.69) is 25.5 Å². The number of morpholine rings is 1. The van der Waals surface area contributed by atoms with Gasteiger partial charge in [-0.1, -0.05) is 0 Å². The highest BCUT2D eigenvalue weighted by Gasteiger charge is 2.19. The van der Waals surface area contributed by atoms with Gasteiger partial charge in [-0.15, -0.1) is 0 Å². The summed E-state index contributed by atoms with van der Waals surface area (Å²) in [5.41, 5.74) is 2.98. The molecule has 42 heavy (non-hydrogen) atoms. The maximum atomic E-state index is 14.3. The van der Waals surface area contributed by atoms with Gasteiger partial charge in [-0.05, 0) is 61.5 Å². The van der Waals surface area contributed by atoms with Crippen LogP contribution in [0.4, 0.5) is 20.2 Å². The zero-order valence-electron chi connectivity index (χ0n) is 22.9. The van der Waals surface area contributed by atoms with Crippen molar-refractivity contribution < 1.29 is 23.0 Å². The molecule has 216 valence electrons. The third-order valence-corrected chi connectivity index (χ3v) is 6.57. The van der Waals surface area contributed by atoms with E-state index in [0.717, 1.165) is 34.4 Å². The molecule has 1 aliphatic rings. The molecule has 5 aromatic rings. The lowest BCUT2D eigenvalue weighted by atomic mass is 10.2. The molecule has 0 amide bonds. The molecule has 10 nitrogen and oxygen atoms in total. The summed E-state index contributed by atoms with van der Waals surface area (Å²) in [6.07, 6.45) is 2.21. The summed E-state index contributed by atoms with van der Waals surface area (Å²) in [6.45, 7) is 4.51. The Hall–Kier alpha value is -5.10. The summed E-state index contributed by atoms with van der Waals surface area (Å²) in [4.78, 5) is 24.7. The van der Waals surface area contributed by atoms with E-state index in [9.17, 15) is 18.4 Å². The number of H-pyrrole nitrogens is 1. The number of nitrogens with zero attached hydrogens (tertiary/aromatic N) is 4. The van der Waals surface area contributed by atoms with Crippen molar-refractivity contribution >= 4 is 28.6 Å². The van der Waals surface area contributed by atoms with Gasteiger partial charge < -0.3 is 19.7 Å². The number of nitrogens with one attached hydrogen (secondary N) is 2. The third kappa shape index (κ3) is 6.28. The Morgan fingerprint density at radius 2 is 1.79 bits per heavy atom. The Labute approximate surface area is 239 Å². The molecule has 12 heteroatoms. The molecule has 0 unspecified atom stereocenters. The molecular formula is C30H28F2N6O4. The summed E-state index contributed by atoms with van der Waals surface area (Å²) in [7, 11) is 1.75. The van der Waals surface area contributed by atoms with Crippen molar-refractivity contribution in [1.29, 1.82) is 0 Å². The zero-order valence-corrected chi connectivity index (χ0v) is 22.9. The number of carbonyl (C=O) groups excluding carboxylic acids is 1. The van der Waals surface area contributed by atoms with Gasteiger partial charge in [0.05, 0.1) is 47.6 Å². The van der Waals surface area contributed by atoms with Crippen molar-refractivity contribution in [3.8, 4) is 17.2 Å². The van der Waals surface area contributed by atoms with E-state index in [1.165, 1.54) is 36.4 Å². The number of aryl methyl sites for hydroxylation is 1. The van der Waals surface area contributed by atoms with Crippen molar-refractivity contribution in [2.24, 2.45) is 0 Å². The summed E-state index contributed by atoms with van der Waals surface area (Å²) < 4.78 is 39.5. The van der Waals surface area contributed by atoms with Crippen LogP contribution in [0, 0.1) is 18.6 Å². The van der Waals surface area contributed by atoms with Gasteiger partial charge in [-0.2, -0.15) is 14.9 Å². The van der Waals surface area contributed by atoms with E-state index < -0.39 is 17.2 Å². The number of anilines is 2. The minimum atomic E-state index is -0.516. The molecule has 3 heterocycles. The summed E-state index contributed by atoms with van der Waals surface area (Å²) in [6, 6.07) is 15.4.